The first-order chi connectivity index (χ1) is 20.9. The summed E-state index contributed by atoms with van der Waals surface area (Å²) in [5.74, 6) is -0.583. The van der Waals surface area contributed by atoms with E-state index in [2.05, 4.69) is 54.5 Å². The second-order valence-electron chi connectivity index (χ2n) is 17.0. The van der Waals surface area contributed by atoms with Crippen molar-refractivity contribution in [1.82, 2.24) is 0 Å². The maximum atomic E-state index is 13.3. The first-order valence-electron chi connectivity index (χ1n) is 17.1. The highest BCUT2D eigenvalue weighted by Crippen LogP contribution is 2.75. The predicted molar refractivity (Wildman–Crippen MR) is 168 cm³/mol. The van der Waals surface area contributed by atoms with Crippen LogP contribution in [0.5, 0.6) is 0 Å². The van der Waals surface area contributed by atoms with Crippen molar-refractivity contribution >= 4 is 11.9 Å². The minimum atomic E-state index is -1.81. The van der Waals surface area contributed by atoms with Crippen LogP contribution in [0, 0.1) is 56.7 Å². The zero-order valence-corrected chi connectivity index (χ0v) is 28.7. The zero-order chi connectivity index (χ0) is 33.4. The van der Waals surface area contributed by atoms with Gasteiger partial charge in [-0.3, -0.25) is 9.59 Å². The third-order valence-electron chi connectivity index (χ3n) is 14.5. The largest absolute Gasteiger partial charge is 0.481 e. The maximum Gasteiger partial charge on any atom is 0.307 e. The Labute approximate surface area is 269 Å². The number of allylic oxidation sites excluding steroid dienone is 1. The minimum absolute atomic E-state index is 0.160. The van der Waals surface area contributed by atoms with Crippen LogP contribution in [0.1, 0.15) is 93.9 Å². The van der Waals surface area contributed by atoms with Gasteiger partial charge in [-0.2, -0.15) is 0 Å². The number of rotatable bonds is 9. The van der Waals surface area contributed by atoms with Crippen molar-refractivity contribution in [1.29, 1.82) is 0 Å². The number of hydrogen-bond donors (Lipinski definition) is 4. The molecule has 2 bridgehead atoms. The molecule has 9 heteroatoms. The third-order valence-corrected chi connectivity index (χ3v) is 14.5. The van der Waals surface area contributed by atoms with Crippen LogP contribution in [0.4, 0.5) is 0 Å². The molecule has 5 aliphatic rings. The first-order valence-corrected chi connectivity index (χ1v) is 17.1. The Kier molecular flexibility index (Phi) is 8.95. The first kappa shape index (κ1) is 34.8. The van der Waals surface area contributed by atoms with Crippen LogP contribution in [0.2, 0.25) is 0 Å². The van der Waals surface area contributed by atoms with Gasteiger partial charge in [-0.25, -0.2) is 0 Å². The number of carbonyl (C=O) groups is 2. The van der Waals surface area contributed by atoms with Crippen molar-refractivity contribution in [3.8, 4) is 0 Å². The Balaban J connectivity index is 1.58. The number of aliphatic hydroxyl groups excluding tert-OH is 2. The number of fused-ring (bicyclic) bond motifs is 3. The molecule has 0 spiro atoms. The lowest BCUT2D eigenvalue weighted by molar-refractivity contribution is -0.275. The average Bonchev–Trinajstić information content (AvgIpc) is 2.96. The van der Waals surface area contributed by atoms with E-state index in [9.17, 15) is 30.0 Å². The van der Waals surface area contributed by atoms with E-state index < -0.39 is 65.1 Å². The Bertz CT molecular complexity index is 1190. The Hall–Kier alpha value is -1.52. The summed E-state index contributed by atoms with van der Waals surface area (Å²) in [6, 6.07) is 0. The fourth-order valence-corrected chi connectivity index (χ4v) is 11.6. The van der Waals surface area contributed by atoms with E-state index in [-0.39, 0.29) is 35.2 Å². The van der Waals surface area contributed by atoms with Gasteiger partial charge in [0.2, 0.25) is 0 Å². The molecule has 1 saturated heterocycles. The second kappa shape index (κ2) is 11.6. The summed E-state index contributed by atoms with van der Waals surface area (Å²) in [6.45, 7) is 16.3. The van der Waals surface area contributed by atoms with Gasteiger partial charge in [0.15, 0.2) is 0 Å². The van der Waals surface area contributed by atoms with E-state index in [4.69, 9.17) is 14.2 Å². The van der Waals surface area contributed by atoms with Gasteiger partial charge in [0.25, 0.3) is 0 Å². The molecule has 0 aromatic heterocycles. The van der Waals surface area contributed by atoms with E-state index in [1.165, 1.54) is 12.5 Å². The molecule has 1 aliphatic heterocycles. The smallest absolute Gasteiger partial charge is 0.307 e. The van der Waals surface area contributed by atoms with Crippen LogP contribution in [-0.4, -0.2) is 83.2 Å². The highest BCUT2D eigenvalue weighted by Gasteiger charge is 2.72. The van der Waals surface area contributed by atoms with Crippen LogP contribution in [0.25, 0.3) is 0 Å². The molecule has 0 aromatic rings. The minimum Gasteiger partial charge on any atom is -0.481 e. The van der Waals surface area contributed by atoms with E-state index >= 15 is 0 Å². The van der Waals surface area contributed by atoms with Gasteiger partial charge in [0, 0.05) is 17.8 Å². The number of aliphatic carboxylic acids is 1. The van der Waals surface area contributed by atoms with E-state index in [0.717, 1.165) is 25.7 Å². The number of carboxylic acids is 1. The molecule has 45 heavy (non-hydrogen) atoms. The molecular weight excluding hydrogens is 576 g/mol. The van der Waals surface area contributed by atoms with Crippen LogP contribution >= 0.6 is 0 Å². The van der Waals surface area contributed by atoms with E-state index in [1.54, 1.807) is 0 Å². The van der Waals surface area contributed by atoms with Crippen molar-refractivity contribution < 1.29 is 44.2 Å². The number of carbonyl (C=O) groups excluding carboxylic acids is 1. The summed E-state index contributed by atoms with van der Waals surface area (Å²) in [5.41, 5.74) is -2.40. The lowest BCUT2D eigenvalue weighted by atomic mass is 9.34. The fraction of sp³-hybridized carbons (Fsp3) is 0.889. The van der Waals surface area contributed by atoms with Gasteiger partial charge < -0.3 is 34.6 Å². The molecule has 256 valence electrons. The van der Waals surface area contributed by atoms with Crippen molar-refractivity contribution in [2.24, 2.45) is 56.7 Å². The van der Waals surface area contributed by atoms with Crippen molar-refractivity contribution in [3.63, 3.8) is 0 Å². The van der Waals surface area contributed by atoms with Gasteiger partial charge in [-0.15, -0.1) is 0 Å². The molecule has 9 nitrogen and oxygen atoms in total. The lowest BCUT2D eigenvalue weighted by Crippen LogP contribution is -2.70. The van der Waals surface area contributed by atoms with Gasteiger partial charge in [-0.1, -0.05) is 60.1 Å². The molecule has 0 radical (unpaired) electrons. The zero-order valence-electron chi connectivity index (χ0n) is 28.7. The molecule has 0 amide bonds. The summed E-state index contributed by atoms with van der Waals surface area (Å²) < 4.78 is 18.8. The van der Waals surface area contributed by atoms with E-state index in [0.29, 0.717) is 32.0 Å². The molecule has 0 aromatic carbocycles. The van der Waals surface area contributed by atoms with Gasteiger partial charge >= 0.3 is 11.9 Å². The lowest BCUT2D eigenvalue weighted by Gasteiger charge is -2.71. The summed E-state index contributed by atoms with van der Waals surface area (Å²) in [4.78, 5) is 25.8. The van der Waals surface area contributed by atoms with Crippen LogP contribution < -0.4 is 0 Å². The number of aliphatic hydroxyl groups is 3. The molecule has 3 saturated carbocycles. The van der Waals surface area contributed by atoms with E-state index in [1.807, 2.05) is 0 Å². The summed E-state index contributed by atoms with van der Waals surface area (Å²) >= 11 is 0. The maximum absolute atomic E-state index is 13.3. The second-order valence-corrected chi connectivity index (χ2v) is 17.0. The van der Waals surface area contributed by atoms with Gasteiger partial charge in [0.1, 0.15) is 17.8 Å². The number of ether oxygens (including phenoxy) is 3. The fourth-order valence-electron chi connectivity index (χ4n) is 11.6. The number of esters is 1. The summed E-state index contributed by atoms with van der Waals surface area (Å²) in [7, 11) is 0. The Morgan fingerprint density at radius 2 is 1.71 bits per heavy atom. The average molecular weight is 635 g/mol. The molecule has 4 aliphatic carbocycles. The molecule has 1 heterocycles. The molecule has 5 rings (SSSR count). The Morgan fingerprint density at radius 1 is 1.04 bits per heavy atom. The van der Waals surface area contributed by atoms with Crippen LogP contribution in [0.15, 0.2) is 11.6 Å². The van der Waals surface area contributed by atoms with Crippen molar-refractivity contribution in [2.75, 3.05) is 33.0 Å². The number of carboxylic acid groups (broad SMARTS) is 1. The summed E-state index contributed by atoms with van der Waals surface area (Å²) in [5, 5.41) is 41.0. The summed E-state index contributed by atoms with van der Waals surface area (Å²) in [6.07, 6.45) is 6.00. The van der Waals surface area contributed by atoms with Crippen LogP contribution in [0.3, 0.4) is 0 Å². The standard InChI is InChI=1S/C36H58O9/c1-21(2)22(3)31(5)13-14-33(7)24-9-10-27-32(6)18-43-20-36(27,25(24)11-12-34(33,8)28(31)30(40)41)15-26(45-23(4)39)29(32)44-19-35(42,16-37)17-38/h11,21-22,24,26-29,37-38,42H,9-10,12-20H2,1-8H3,(H,40,41)/t22-,24+,26-,27+,28-,29+,31-,32+,33-,34+,36-/m1/s1. The molecular formula is C36H58O9. The highest BCUT2D eigenvalue weighted by molar-refractivity contribution is 5.73. The SMILES string of the molecule is CC(=O)O[C@@H]1C[C@]23COC[C@@](C)([C@@H]2CC[C@H]2C3=CC[C@@]3(C)[C@H](C(=O)O)[C@@](C)([C@H](C)C(C)C)CC[C@]23C)[C@H]1OCC(O)(CO)CO. The molecule has 4 fully saturated rings. The monoisotopic (exact) mass is 634 g/mol. The molecule has 0 unspecified atom stereocenters. The topological polar surface area (TPSA) is 143 Å². The van der Waals surface area contributed by atoms with Gasteiger partial charge in [0.05, 0.1) is 39.0 Å². The normalized spacial score (nSPS) is 45.1. The Morgan fingerprint density at radius 3 is 2.29 bits per heavy atom. The predicted octanol–water partition coefficient (Wildman–Crippen LogP) is 4.61. The van der Waals surface area contributed by atoms with Gasteiger partial charge in [-0.05, 0) is 78.4 Å². The third kappa shape index (κ3) is 4.96. The highest BCUT2D eigenvalue weighted by atomic mass is 16.6. The number of hydrogen-bond acceptors (Lipinski definition) is 8. The van der Waals surface area contributed by atoms with Crippen molar-refractivity contribution in [2.45, 2.75) is 112 Å². The van der Waals surface area contributed by atoms with Crippen LogP contribution in [-0.2, 0) is 23.8 Å². The molecule has 4 N–H and O–H groups in total. The van der Waals surface area contributed by atoms with Crippen molar-refractivity contribution in [3.05, 3.63) is 11.6 Å². The quantitative estimate of drug-likeness (QED) is 0.211. The molecule has 11 atom stereocenters.